The van der Waals surface area contributed by atoms with E-state index in [-0.39, 0.29) is 30.4 Å². The molecule has 282 valence electrons. The fourth-order valence-electron chi connectivity index (χ4n) is 5.26. The van der Waals surface area contributed by atoms with Gasteiger partial charge in [0.15, 0.2) is 0 Å². The monoisotopic (exact) mass is 756 g/mol. The van der Waals surface area contributed by atoms with Gasteiger partial charge in [0, 0.05) is 18.7 Å². The number of nitrogens with one attached hydrogen (secondary N) is 1. The van der Waals surface area contributed by atoms with Gasteiger partial charge in [-0.2, -0.15) is 0 Å². The minimum atomic E-state index is -4.13. The third-order valence-electron chi connectivity index (χ3n) is 7.65. The maximum atomic E-state index is 13.3. The Balaban J connectivity index is 1.29. The predicted octanol–water partition coefficient (Wildman–Crippen LogP) is 6.18. The van der Waals surface area contributed by atoms with Crippen LogP contribution in [0.15, 0.2) is 35.3 Å². The zero-order valence-electron chi connectivity index (χ0n) is 29.3. The number of anilines is 1. The Morgan fingerprint density at radius 2 is 1.67 bits per heavy atom. The molecule has 0 radical (unpaired) electrons. The largest absolute Gasteiger partial charge is 0.510 e. The van der Waals surface area contributed by atoms with Crippen LogP contribution >= 0.6 is 19.2 Å². The van der Waals surface area contributed by atoms with Crippen LogP contribution in [0, 0.1) is 0 Å². The summed E-state index contributed by atoms with van der Waals surface area (Å²) in [4.78, 5) is 37.1. The Bertz CT molecular complexity index is 1490. The van der Waals surface area contributed by atoms with Crippen molar-refractivity contribution in [1.29, 1.82) is 0 Å². The van der Waals surface area contributed by atoms with Crippen molar-refractivity contribution in [2.24, 2.45) is 4.99 Å². The molecule has 1 aromatic carbocycles. The van der Waals surface area contributed by atoms with Gasteiger partial charge < -0.3 is 38.8 Å². The zero-order chi connectivity index (χ0) is 37.0. The average Bonchev–Trinajstić information content (AvgIpc) is 3.26. The zero-order valence-corrected chi connectivity index (χ0v) is 30.9. The number of rotatable bonds is 17. The Morgan fingerprint density at radius 1 is 1.02 bits per heavy atom. The van der Waals surface area contributed by atoms with Crippen LogP contribution in [0.4, 0.5) is 15.4 Å². The summed E-state index contributed by atoms with van der Waals surface area (Å²) in [5.41, 5.74) is 2.64. The molecule has 1 aromatic heterocycles. The quantitative estimate of drug-likeness (QED) is 0.0803. The molecular formula is C33H46ClN4O12P. The predicted molar refractivity (Wildman–Crippen MR) is 185 cm³/mol. The maximum Gasteiger partial charge on any atom is 0.510 e. The minimum Gasteiger partial charge on any atom is -0.432 e. The molecular weight excluding hydrogens is 711 g/mol. The third kappa shape index (κ3) is 13.3. The van der Waals surface area contributed by atoms with E-state index < -0.39 is 70.4 Å². The van der Waals surface area contributed by atoms with Gasteiger partial charge in [-0.15, -0.1) is 0 Å². The number of aromatic nitrogens is 2. The Labute approximate surface area is 302 Å². The standard InChI is InChI=1S/C33H46ClN4O12P/c1-20(2)48-32(40)44-17-46-51(42,47-18-45-33(41)49-21(3)4)19-43-16-25-14-28(39)29(50-25)13-24-11-12-27-26(15-35-24)30(38-31(34)37-27)36-22(5)23-9-7-6-8-10-23/h6-10,15,20-22,24-25,28-29,39H,11-14,16-19H2,1-5H3,(H,36,37,38)/t22-,24+,25-,28+,29?/m0/s1. The SMILES string of the molecule is CC(C)OC(=O)OCOP(=O)(COC[C@@H]1C[C@@H](O)C(C[C@H]2CCc3nc(Cl)nc(N[C@@H](C)c4ccccc4)c3C=N2)O1)OCOC(=O)OC(C)C. The van der Waals surface area contributed by atoms with Crippen LogP contribution in [0.25, 0.3) is 0 Å². The number of aliphatic hydroxyl groups excluding tert-OH is 1. The molecule has 51 heavy (non-hydrogen) atoms. The van der Waals surface area contributed by atoms with E-state index in [2.05, 4.69) is 15.3 Å². The number of aliphatic hydroxyl groups is 1. The first-order valence-corrected chi connectivity index (χ1v) is 18.8. The van der Waals surface area contributed by atoms with E-state index in [0.29, 0.717) is 25.1 Å². The molecule has 1 unspecified atom stereocenters. The Morgan fingerprint density at radius 3 is 2.29 bits per heavy atom. The molecule has 18 heteroatoms. The van der Waals surface area contributed by atoms with E-state index in [0.717, 1.165) is 16.8 Å². The molecule has 5 atom stereocenters. The molecule has 0 bridgehead atoms. The number of fused-ring (bicyclic) bond motifs is 1. The van der Waals surface area contributed by atoms with Crippen molar-refractivity contribution < 1.29 is 56.7 Å². The minimum absolute atomic E-state index is 0.0364. The second kappa shape index (κ2) is 19.5. The summed E-state index contributed by atoms with van der Waals surface area (Å²) in [7, 11) is -4.13. The Hall–Kier alpha value is -3.37. The first kappa shape index (κ1) is 40.4. The highest BCUT2D eigenvalue weighted by Gasteiger charge is 2.37. The first-order chi connectivity index (χ1) is 24.3. The first-order valence-electron chi connectivity index (χ1n) is 16.7. The van der Waals surface area contributed by atoms with Crippen molar-refractivity contribution in [2.45, 2.75) is 103 Å². The summed E-state index contributed by atoms with van der Waals surface area (Å²) in [5, 5.41) is 14.4. The summed E-state index contributed by atoms with van der Waals surface area (Å²) in [6, 6.07) is 9.76. The molecule has 0 amide bonds. The van der Waals surface area contributed by atoms with E-state index in [1.807, 2.05) is 37.3 Å². The molecule has 0 spiro atoms. The molecule has 1 saturated heterocycles. The number of hydrogen-bond acceptors (Lipinski definition) is 16. The summed E-state index contributed by atoms with van der Waals surface area (Å²) < 4.78 is 54.6. The molecule has 2 aromatic rings. The molecule has 2 aliphatic heterocycles. The molecule has 0 aliphatic carbocycles. The van der Waals surface area contributed by atoms with Crippen LogP contribution in [-0.4, -0.2) is 96.7 Å². The van der Waals surface area contributed by atoms with Crippen molar-refractivity contribution >= 4 is 43.5 Å². The van der Waals surface area contributed by atoms with Gasteiger partial charge in [-0.1, -0.05) is 30.3 Å². The number of hydrogen-bond donors (Lipinski definition) is 2. The van der Waals surface area contributed by atoms with Crippen molar-refractivity contribution in [3.05, 3.63) is 52.4 Å². The normalized spacial score (nSPS) is 20.8. The van der Waals surface area contributed by atoms with Crippen LogP contribution in [-0.2, 0) is 48.5 Å². The van der Waals surface area contributed by atoms with Crippen molar-refractivity contribution in [3.63, 3.8) is 0 Å². The van der Waals surface area contributed by atoms with Gasteiger partial charge in [0.2, 0.25) is 18.9 Å². The number of aliphatic imine (C=N–C) groups is 1. The lowest BCUT2D eigenvalue weighted by Crippen LogP contribution is -2.26. The number of carbonyl (C=O) groups is 2. The van der Waals surface area contributed by atoms with Gasteiger partial charge in [0.25, 0.3) is 0 Å². The second-order valence-corrected chi connectivity index (χ2v) is 14.8. The Kier molecular flexibility index (Phi) is 15.4. The molecule has 0 saturated carbocycles. The van der Waals surface area contributed by atoms with E-state index in [4.69, 9.17) is 54.1 Å². The van der Waals surface area contributed by atoms with Crippen molar-refractivity contribution in [3.8, 4) is 0 Å². The molecule has 16 nitrogen and oxygen atoms in total. The van der Waals surface area contributed by atoms with E-state index in [9.17, 15) is 19.3 Å². The topological polar surface area (TPSA) is 195 Å². The highest BCUT2D eigenvalue weighted by Crippen LogP contribution is 2.48. The maximum absolute atomic E-state index is 13.3. The summed E-state index contributed by atoms with van der Waals surface area (Å²) in [6.07, 6.45) is -1.76. The lowest BCUT2D eigenvalue weighted by atomic mass is 10.00. The van der Waals surface area contributed by atoms with Gasteiger partial charge in [0.1, 0.15) is 12.2 Å². The third-order valence-corrected chi connectivity index (χ3v) is 9.32. The molecule has 2 aliphatic rings. The number of halogens is 1. The lowest BCUT2D eigenvalue weighted by Gasteiger charge is -2.20. The fourth-order valence-corrected chi connectivity index (χ4v) is 6.43. The summed E-state index contributed by atoms with van der Waals surface area (Å²) in [6.45, 7) is 6.90. The van der Waals surface area contributed by atoms with Crippen LogP contribution in [0.5, 0.6) is 0 Å². The highest BCUT2D eigenvalue weighted by molar-refractivity contribution is 7.53. The van der Waals surface area contributed by atoms with E-state index in [1.54, 1.807) is 33.9 Å². The number of nitrogens with zero attached hydrogens (tertiary/aromatic N) is 3. The van der Waals surface area contributed by atoms with E-state index >= 15 is 0 Å². The van der Waals surface area contributed by atoms with Gasteiger partial charge in [-0.05, 0) is 71.0 Å². The number of ether oxygens (including phenoxy) is 6. The molecule has 3 heterocycles. The van der Waals surface area contributed by atoms with Gasteiger partial charge in [0.05, 0.1) is 54.4 Å². The van der Waals surface area contributed by atoms with Crippen LogP contribution in [0.3, 0.4) is 0 Å². The molecule has 1 fully saturated rings. The average molecular weight is 757 g/mol. The van der Waals surface area contributed by atoms with Gasteiger partial charge in [-0.3, -0.25) is 18.6 Å². The second-order valence-electron chi connectivity index (χ2n) is 12.5. The highest BCUT2D eigenvalue weighted by atomic mass is 35.5. The molecule has 2 N–H and O–H groups in total. The summed E-state index contributed by atoms with van der Waals surface area (Å²) in [5.74, 6) is 0.592. The van der Waals surface area contributed by atoms with Gasteiger partial charge in [-0.25, -0.2) is 19.6 Å². The lowest BCUT2D eigenvalue weighted by molar-refractivity contribution is -0.0430. The molecule has 4 rings (SSSR count). The van der Waals surface area contributed by atoms with Gasteiger partial charge >= 0.3 is 19.9 Å². The van der Waals surface area contributed by atoms with E-state index in [1.165, 1.54) is 0 Å². The van der Waals surface area contributed by atoms with Crippen LogP contribution < -0.4 is 5.32 Å². The van der Waals surface area contributed by atoms with Crippen molar-refractivity contribution in [2.75, 3.05) is 31.9 Å². The fraction of sp³-hybridized carbons (Fsp3) is 0.606. The number of aryl methyl sites for hydroxylation is 1. The van der Waals surface area contributed by atoms with Crippen LogP contribution in [0.1, 0.15) is 76.7 Å². The number of benzene rings is 1. The smallest absolute Gasteiger partial charge is 0.432 e. The van der Waals surface area contributed by atoms with Crippen molar-refractivity contribution in [1.82, 2.24) is 9.97 Å². The van der Waals surface area contributed by atoms with Crippen LogP contribution in [0.2, 0.25) is 5.28 Å². The number of carbonyl (C=O) groups excluding carboxylic acids is 2. The summed E-state index contributed by atoms with van der Waals surface area (Å²) >= 11 is 6.30.